The number of hydrogen-bond donors (Lipinski definition) is 1. The third kappa shape index (κ3) is 3.12. The van der Waals surface area contributed by atoms with Gasteiger partial charge in [0.15, 0.2) is 0 Å². The van der Waals surface area contributed by atoms with Gasteiger partial charge in [0.05, 0.1) is 0 Å². The van der Waals surface area contributed by atoms with E-state index < -0.39 is 11.6 Å². The predicted octanol–water partition coefficient (Wildman–Crippen LogP) is 2.96. The minimum Gasteiger partial charge on any atom is -0.319 e. The van der Waals surface area contributed by atoms with Gasteiger partial charge in [-0.3, -0.25) is 4.90 Å². The number of hydrogen-bond acceptors (Lipinski definition) is 2. The summed E-state index contributed by atoms with van der Waals surface area (Å²) in [4.78, 5) is 2.09. The molecular weight excluding hydrogens is 246 g/mol. The predicted molar refractivity (Wildman–Crippen MR) is 73.0 cm³/mol. The van der Waals surface area contributed by atoms with Crippen LogP contribution in [0.3, 0.4) is 0 Å². The summed E-state index contributed by atoms with van der Waals surface area (Å²) in [5.74, 6) is -0.622. The first-order chi connectivity index (χ1) is 9.15. The molecule has 1 aromatic carbocycles. The summed E-state index contributed by atoms with van der Waals surface area (Å²) in [6.45, 7) is 1.67. The van der Waals surface area contributed by atoms with Crippen LogP contribution in [-0.2, 0) is 0 Å². The van der Waals surface area contributed by atoms with Crippen molar-refractivity contribution in [1.29, 1.82) is 0 Å². The van der Waals surface area contributed by atoms with E-state index in [1.807, 2.05) is 14.1 Å². The van der Waals surface area contributed by atoms with Crippen molar-refractivity contribution in [2.75, 3.05) is 27.2 Å². The van der Waals surface area contributed by atoms with Gasteiger partial charge in [-0.2, -0.15) is 0 Å². The Kier molecular flexibility index (Phi) is 4.88. The number of rotatable bonds is 3. The van der Waals surface area contributed by atoms with Gasteiger partial charge in [-0.1, -0.05) is 12.5 Å². The molecule has 0 aromatic heterocycles. The van der Waals surface area contributed by atoms with Crippen LogP contribution in [-0.4, -0.2) is 32.1 Å². The molecule has 2 unspecified atom stereocenters. The van der Waals surface area contributed by atoms with Gasteiger partial charge in [0.25, 0.3) is 0 Å². The highest BCUT2D eigenvalue weighted by Crippen LogP contribution is 2.36. The molecule has 4 heteroatoms. The second-order valence-corrected chi connectivity index (χ2v) is 5.37. The SMILES string of the molecule is CNCC1CCCCN(C)C1c1c(F)cccc1F. The van der Waals surface area contributed by atoms with E-state index in [1.165, 1.54) is 18.2 Å². The highest BCUT2D eigenvalue weighted by Gasteiger charge is 2.32. The van der Waals surface area contributed by atoms with Crippen molar-refractivity contribution < 1.29 is 8.78 Å². The molecule has 0 spiro atoms. The Bertz CT molecular complexity index is 402. The molecule has 19 heavy (non-hydrogen) atoms. The number of halogens is 2. The van der Waals surface area contributed by atoms with Crippen LogP contribution < -0.4 is 5.32 Å². The van der Waals surface area contributed by atoms with Gasteiger partial charge in [-0.15, -0.1) is 0 Å². The van der Waals surface area contributed by atoms with Gasteiger partial charge < -0.3 is 5.32 Å². The molecule has 1 saturated heterocycles. The van der Waals surface area contributed by atoms with Crippen molar-refractivity contribution in [3.8, 4) is 0 Å². The first kappa shape index (κ1) is 14.4. The van der Waals surface area contributed by atoms with Crippen molar-refractivity contribution in [1.82, 2.24) is 10.2 Å². The van der Waals surface area contributed by atoms with E-state index in [4.69, 9.17) is 0 Å². The van der Waals surface area contributed by atoms with Crippen LogP contribution >= 0.6 is 0 Å². The van der Waals surface area contributed by atoms with E-state index in [0.29, 0.717) is 0 Å². The molecule has 0 saturated carbocycles. The van der Waals surface area contributed by atoms with Crippen molar-refractivity contribution in [3.63, 3.8) is 0 Å². The summed E-state index contributed by atoms with van der Waals surface area (Å²) >= 11 is 0. The average molecular weight is 268 g/mol. The second-order valence-electron chi connectivity index (χ2n) is 5.37. The number of nitrogens with zero attached hydrogens (tertiary/aromatic N) is 1. The lowest BCUT2D eigenvalue weighted by molar-refractivity contribution is 0.181. The molecule has 2 atom stereocenters. The Balaban J connectivity index is 2.40. The van der Waals surface area contributed by atoms with Crippen LogP contribution in [0.5, 0.6) is 0 Å². The normalized spacial score (nSPS) is 25.3. The van der Waals surface area contributed by atoms with E-state index >= 15 is 0 Å². The zero-order valence-corrected chi connectivity index (χ0v) is 11.6. The van der Waals surface area contributed by atoms with E-state index in [0.717, 1.165) is 32.4 Å². The summed E-state index contributed by atoms with van der Waals surface area (Å²) < 4.78 is 28.1. The third-order valence-electron chi connectivity index (χ3n) is 4.02. The summed E-state index contributed by atoms with van der Waals surface area (Å²) in [6.07, 6.45) is 3.20. The van der Waals surface area contributed by atoms with Crippen molar-refractivity contribution in [3.05, 3.63) is 35.4 Å². The summed E-state index contributed by atoms with van der Waals surface area (Å²) in [6, 6.07) is 3.95. The smallest absolute Gasteiger partial charge is 0.130 e. The molecule has 0 aliphatic carbocycles. The number of nitrogens with one attached hydrogen (secondary N) is 1. The summed E-state index contributed by atoms with van der Waals surface area (Å²) in [7, 11) is 3.85. The molecule has 1 heterocycles. The van der Waals surface area contributed by atoms with Crippen molar-refractivity contribution in [2.24, 2.45) is 5.92 Å². The molecule has 1 aliphatic rings. The van der Waals surface area contributed by atoms with Crippen LogP contribution in [0.25, 0.3) is 0 Å². The molecule has 0 radical (unpaired) electrons. The third-order valence-corrected chi connectivity index (χ3v) is 4.02. The Hall–Kier alpha value is -1.00. The molecule has 0 bridgehead atoms. The quantitative estimate of drug-likeness (QED) is 0.906. The first-order valence-corrected chi connectivity index (χ1v) is 6.94. The maximum absolute atomic E-state index is 14.1. The van der Waals surface area contributed by atoms with Gasteiger partial charge in [0.2, 0.25) is 0 Å². The van der Waals surface area contributed by atoms with Crippen LogP contribution in [0.15, 0.2) is 18.2 Å². The van der Waals surface area contributed by atoms with E-state index in [2.05, 4.69) is 10.2 Å². The van der Waals surface area contributed by atoms with Gasteiger partial charge in [-0.25, -0.2) is 8.78 Å². The molecule has 2 rings (SSSR count). The molecule has 1 aliphatic heterocycles. The fraction of sp³-hybridized carbons (Fsp3) is 0.600. The van der Waals surface area contributed by atoms with E-state index in [9.17, 15) is 8.78 Å². The molecule has 2 nitrogen and oxygen atoms in total. The molecular formula is C15H22F2N2. The molecule has 106 valence electrons. The van der Waals surface area contributed by atoms with Crippen LogP contribution in [0, 0.1) is 17.6 Å². The Labute approximate surface area is 113 Å². The fourth-order valence-electron chi connectivity index (χ4n) is 3.15. The number of likely N-dealkylation sites (tertiary alicyclic amines) is 1. The monoisotopic (exact) mass is 268 g/mol. The van der Waals surface area contributed by atoms with Crippen LogP contribution in [0.1, 0.15) is 30.9 Å². The average Bonchev–Trinajstić information content (AvgIpc) is 2.54. The standard InChI is InChI=1S/C15H22F2N2/c1-18-10-11-6-3-4-9-19(2)15(11)14-12(16)7-5-8-13(14)17/h5,7-8,11,15,18H,3-4,6,9-10H2,1-2H3. The maximum Gasteiger partial charge on any atom is 0.130 e. The summed E-state index contributed by atoms with van der Waals surface area (Å²) in [5, 5.41) is 3.15. The van der Waals surface area contributed by atoms with Gasteiger partial charge in [-0.05, 0) is 58.1 Å². The largest absolute Gasteiger partial charge is 0.319 e. The Morgan fingerprint density at radius 2 is 1.95 bits per heavy atom. The maximum atomic E-state index is 14.1. The second kappa shape index (κ2) is 6.44. The number of benzene rings is 1. The lowest BCUT2D eigenvalue weighted by Crippen LogP contribution is -2.35. The molecule has 0 amide bonds. The summed E-state index contributed by atoms with van der Waals surface area (Å²) in [5.41, 5.74) is 0.229. The van der Waals surface area contributed by atoms with Gasteiger partial charge >= 0.3 is 0 Å². The topological polar surface area (TPSA) is 15.3 Å². The van der Waals surface area contributed by atoms with Crippen LogP contribution in [0.2, 0.25) is 0 Å². The Morgan fingerprint density at radius 3 is 2.58 bits per heavy atom. The highest BCUT2D eigenvalue weighted by molar-refractivity contribution is 5.24. The highest BCUT2D eigenvalue weighted by atomic mass is 19.1. The Morgan fingerprint density at radius 1 is 1.26 bits per heavy atom. The van der Waals surface area contributed by atoms with Gasteiger partial charge in [0, 0.05) is 11.6 Å². The lowest BCUT2D eigenvalue weighted by atomic mass is 9.88. The zero-order valence-electron chi connectivity index (χ0n) is 11.6. The van der Waals surface area contributed by atoms with Crippen molar-refractivity contribution >= 4 is 0 Å². The fourth-order valence-corrected chi connectivity index (χ4v) is 3.15. The molecule has 1 N–H and O–H groups in total. The van der Waals surface area contributed by atoms with Gasteiger partial charge in [0.1, 0.15) is 11.6 Å². The van der Waals surface area contributed by atoms with E-state index in [1.54, 1.807) is 0 Å². The van der Waals surface area contributed by atoms with E-state index in [-0.39, 0.29) is 17.5 Å². The van der Waals surface area contributed by atoms with Crippen LogP contribution in [0.4, 0.5) is 8.78 Å². The molecule has 1 fully saturated rings. The molecule has 1 aromatic rings. The van der Waals surface area contributed by atoms with Crippen molar-refractivity contribution in [2.45, 2.75) is 25.3 Å². The minimum atomic E-state index is -0.431. The minimum absolute atomic E-state index is 0.184. The first-order valence-electron chi connectivity index (χ1n) is 6.94. The zero-order chi connectivity index (χ0) is 13.8. The lowest BCUT2D eigenvalue weighted by Gasteiger charge is -2.33.